The van der Waals surface area contributed by atoms with E-state index in [9.17, 15) is 0 Å². The van der Waals surface area contributed by atoms with E-state index in [-0.39, 0.29) is 0 Å². The van der Waals surface area contributed by atoms with Crippen LogP contribution in [0.25, 0.3) is 0 Å². The van der Waals surface area contributed by atoms with Crippen LogP contribution in [0.2, 0.25) is 0 Å². The highest BCUT2D eigenvalue weighted by molar-refractivity contribution is 7.42. The van der Waals surface area contributed by atoms with Gasteiger partial charge in [-0.05, 0) is 43.6 Å². The molecule has 1 unspecified atom stereocenters. The number of allylic oxidation sites excluding steroid dienone is 2. The molecule has 1 aliphatic carbocycles. The normalized spacial score (nSPS) is 25.1. The molecule has 0 aliphatic heterocycles. The second kappa shape index (κ2) is 3.27. The highest BCUT2D eigenvalue weighted by Gasteiger charge is 2.26. The van der Waals surface area contributed by atoms with Crippen molar-refractivity contribution in [1.29, 1.82) is 0 Å². The van der Waals surface area contributed by atoms with Crippen LogP contribution < -0.4 is 0 Å². The second-order valence-electron chi connectivity index (χ2n) is 4.14. The van der Waals surface area contributed by atoms with E-state index in [0.717, 1.165) is 8.58 Å². The summed E-state index contributed by atoms with van der Waals surface area (Å²) in [5.74, 6) is 0. The van der Waals surface area contributed by atoms with Crippen LogP contribution in [0, 0.1) is 5.41 Å². The van der Waals surface area contributed by atoms with E-state index in [1.807, 2.05) is 0 Å². The Bertz CT molecular complexity index is 177. The fraction of sp³-hybridized carbons (Fsp3) is 0.800. The number of hydrogen-bond donors (Lipinski definition) is 0. The molecule has 0 fully saturated rings. The van der Waals surface area contributed by atoms with Crippen LogP contribution in [-0.2, 0) is 0 Å². The van der Waals surface area contributed by atoms with Gasteiger partial charge in [-0.2, -0.15) is 0 Å². The standard InChI is InChI=1S/C10H19P/c1-8-6-5-7-10(2,3)9(8)11-4/h11H,5-7H2,1-4H3. The van der Waals surface area contributed by atoms with E-state index in [4.69, 9.17) is 0 Å². The monoisotopic (exact) mass is 170 g/mol. The van der Waals surface area contributed by atoms with Gasteiger partial charge in [0.25, 0.3) is 0 Å². The van der Waals surface area contributed by atoms with Crippen LogP contribution in [0.1, 0.15) is 40.0 Å². The van der Waals surface area contributed by atoms with Gasteiger partial charge in [-0.25, -0.2) is 0 Å². The first kappa shape index (κ1) is 9.26. The maximum Gasteiger partial charge on any atom is -0.0102 e. The molecule has 0 nitrogen and oxygen atoms in total. The van der Waals surface area contributed by atoms with Crippen molar-refractivity contribution < 1.29 is 0 Å². The molecule has 0 aromatic carbocycles. The number of hydrogen-bond acceptors (Lipinski definition) is 0. The minimum absolute atomic E-state index is 0.509. The van der Waals surface area contributed by atoms with Crippen LogP contribution in [0.3, 0.4) is 0 Å². The molecule has 1 rings (SSSR count). The summed E-state index contributed by atoms with van der Waals surface area (Å²) in [7, 11) is 1.02. The molecule has 0 N–H and O–H groups in total. The highest BCUT2D eigenvalue weighted by atomic mass is 31.1. The predicted octanol–water partition coefficient (Wildman–Crippen LogP) is 3.78. The fourth-order valence-corrected chi connectivity index (χ4v) is 3.53. The molecule has 0 saturated heterocycles. The van der Waals surface area contributed by atoms with Crippen LogP contribution in [0.5, 0.6) is 0 Å². The fourth-order valence-electron chi connectivity index (χ4n) is 2.17. The van der Waals surface area contributed by atoms with Gasteiger partial charge in [0.1, 0.15) is 0 Å². The van der Waals surface area contributed by atoms with Crippen molar-refractivity contribution in [2.45, 2.75) is 40.0 Å². The largest absolute Gasteiger partial charge is 0.0975 e. The Balaban J connectivity index is 2.92. The van der Waals surface area contributed by atoms with Crippen molar-refractivity contribution in [3.63, 3.8) is 0 Å². The zero-order valence-electron chi connectivity index (χ0n) is 8.12. The van der Waals surface area contributed by atoms with Gasteiger partial charge in [-0.1, -0.05) is 28.0 Å². The molecule has 0 saturated carbocycles. The predicted molar refractivity (Wildman–Crippen MR) is 54.6 cm³/mol. The molecular formula is C10H19P. The molecule has 0 bridgehead atoms. The Kier molecular flexibility index (Phi) is 2.75. The average molecular weight is 170 g/mol. The summed E-state index contributed by atoms with van der Waals surface area (Å²) in [6, 6.07) is 0. The first-order chi connectivity index (χ1) is 5.08. The first-order valence-corrected chi connectivity index (χ1v) is 5.96. The zero-order valence-corrected chi connectivity index (χ0v) is 9.12. The lowest BCUT2D eigenvalue weighted by Gasteiger charge is -2.33. The summed E-state index contributed by atoms with van der Waals surface area (Å²) in [5.41, 5.74) is 2.18. The van der Waals surface area contributed by atoms with E-state index in [2.05, 4.69) is 27.4 Å². The lowest BCUT2D eigenvalue weighted by Crippen LogP contribution is -2.17. The van der Waals surface area contributed by atoms with Gasteiger partial charge in [0.15, 0.2) is 0 Å². The molecule has 1 heteroatoms. The molecule has 11 heavy (non-hydrogen) atoms. The quantitative estimate of drug-likeness (QED) is 0.525. The lowest BCUT2D eigenvalue weighted by atomic mass is 9.80. The molecule has 1 atom stereocenters. The zero-order chi connectivity index (χ0) is 8.48. The van der Waals surface area contributed by atoms with Gasteiger partial charge in [-0.3, -0.25) is 0 Å². The summed E-state index contributed by atoms with van der Waals surface area (Å²) >= 11 is 0. The van der Waals surface area contributed by atoms with Crippen molar-refractivity contribution >= 4 is 8.58 Å². The van der Waals surface area contributed by atoms with Gasteiger partial charge in [-0.15, -0.1) is 0 Å². The minimum atomic E-state index is 0.509. The third-order valence-electron chi connectivity index (χ3n) is 2.71. The SMILES string of the molecule is CPC1=C(C)CCCC1(C)C. The Hall–Kier alpha value is 0.170. The highest BCUT2D eigenvalue weighted by Crippen LogP contribution is 2.47. The van der Waals surface area contributed by atoms with Gasteiger partial charge in [0, 0.05) is 0 Å². The van der Waals surface area contributed by atoms with Gasteiger partial charge in [0.2, 0.25) is 0 Å². The molecule has 0 aromatic heterocycles. The summed E-state index contributed by atoms with van der Waals surface area (Å²) in [6.45, 7) is 9.40. The molecular weight excluding hydrogens is 151 g/mol. The van der Waals surface area contributed by atoms with E-state index in [1.165, 1.54) is 19.3 Å². The van der Waals surface area contributed by atoms with Gasteiger partial charge >= 0.3 is 0 Å². The average Bonchev–Trinajstić information content (AvgIpc) is 1.86. The maximum atomic E-state index is 2.39. The molecule has 0 amide bonds. The van der Waals surface area contributed by atoms with Crippen molar-refractivity contribution in [1.82, 2.24) is 0 Å². The Labute approximate surface area is 72.2 Å². The molecule has 1 aliphatic rings. The van der Waals surface area contributed by atoms with Crippen LogP contribution in [0.4, 0.5) is 0 Å². The topological polar surface area (TPSA) is 0 Å². The Morgan fingerprint density at radius 2 is 2.00 bits per heavy atom. The van der Waals surface area contributed by atoms with Crippen LogP contribution >= 0.6 is 8.58 Å². The van der Waals surface area contributed by atoms with Crippen LogP contribution in [0.15, 0.2) is 10.9 Å². The van der Waals surface area contributed by atoms with E-state index in [1.54, 1.807) is 10.9 Å². The smallest absolute Gasteiger partial charge is 0.0102 e. The third kappa shape index (κ3) is 1.85. The van der Waals surface area contributed by atoms with Crippen molar-refractivity contribution in [2.24, 2.45) is 5.41 Å². The third-order valence-corrected chi connectivity index (χ3v) is 4.31. The summed E-state index contributed by atoms with van der Waals surface area (Å²) in [4.78, 5) is 0. The Morgan fingerprint density at radius 1 is 1.36 bits per heavy atom. The van der Waals surface area contributed by atoms with Gasteiger partial charge in [0.05, 0.1) is 0 Å². The number of rotatable bonds is 1. The molecule has 0 radical (unpaired) electrons. The summed E-state index contributed by atoms with van der Waals surface area (Å²) in [6.07, 6.45) is 4.13. The summed E-state index contributed by atoms with van der Waals surface area (Å²) in [5, 5.41) is 1.74. The van der Waals surface area contributed by atoms with Crippen LogP contribution in [-0.4, -0.2) is 6.66 Å². The first-order valence-electron chi connectivity index (χ1n) is 4.46. The molecule has 0 aromatic rings. The van der Waals surface area contributed by atoms with E-state index >= 15 is 0 Å². The van der Waals surface area contributed by atoms with E-state index < -0.39 is 0 Å². The second-order valence-corrected chi connectivity index (χ2v) is 5.14. The van der Waals surface area contributed by atoms with Crippen molar-refractivity contribution in [3.05, 3.63) is 10.9 Å². The maximum absolute atomic E-state index is 2.39. The summed E-state index contributed by atoms with van der Waals surface area (Å²) < 4.78 is 0. The minimum Gasteiger partial charge on any atom is -0.0975 e. The molecule has 0 spiro atoms. The van der Waals surface area contributed by atoms with Gasteiger partial charge < -0.3 is 0 Å². The van der Waals surface area contributed by atoms with E-state index in [0.29, 0.717) is 5.41 Å². The Morgan fingerprint density at radius 3 is 2.36 bits per heavy atom. The molecule has 0 heterocycles. The van der Waals surface area contributed by atoms with Crippen molar-refractivity contribution in [3.8, 4) is 0 Å². The molecule has 64 valence electrons. The lowest BCUT2D eigenvalue weighted by molar-refractivity contribution is 0.388. The van der Waals surface area contributed by atoms with Crippen molar-refractivity contribution in [2.75, 3.05) is 6.66 Å².